The summed E-state index contributed by atoms with van der Waals surface area (Å²) in [5, 5.41) is 5.99. The molecule has 2 N–H and O–H groups in total. The summed E-state index contributed by atoms with van der Waals surface area (Å²) in [6.07, 6.45) is 1.10. The van der Waals surface area contributed by atoms with E-state index >= 15 is 0 Å². The Morgan fingerprint density at radius 1 is 0.881 bits per heavy atom. The number of nitrogens with one attached hydrogen (secondary N) is 2. The Kier molecular flexibility index (Phi) is 7.82. The standard InChI is InChI=1S/C32H28FN3O5S/c1-34-32(38)29-26-17-25(21-11-9-20(10-12-21)19-35-31(37)23-7-5-4-6-8-23)27(36(2)42(3,39)40)18-28(26)41-30(29)22-13-15-24(33)16-14-22/h4-18H,19H2,1-3H3,(H,34,38)(H,35,37). The smallest absolute Gasteiger partial charge is 0.255 e. The first-order valence-electron chi connectivity index (χ1n) is 13.0. The van der Waals surface area contributed by atoms with Crippen molar-refractivity contribution in [1.82, 2.24) is 10.6 Å². The fraction of sp³-hybridized carbons (Fsp3) is 0.125. The molecule has 0 radical (unpaired) electrons. The molecule has 0 saturated carbocycles. The highest BCUT2D eigenvalue weighted by Gasteiger charge is 2.26. The molecule has 0 unspecified atom stereocenters. The zero-order valence-corrected chi connectivity index (χ0v) is 24.0. The first kappa shape index (κ1) is 28.6. The summed E-state index contributed by atoms with van der Waals surface area (Å²) < 4.78 is 46.1. The molecule has 5 rings (SSSR count). The molecule has 1 aromatic heterocycles. The van der Waals surface area contributed by atoms with Gasteiger partial charge in [-0.1, -0.05) is 42.5 Å². The number of carbonyl (C=O) groups is 2. The molecule has 0 aliphatic carbocycles. The maximum Gasteiger partial charge on any atom is 0.255 e. The van der Waals surface area contributed by atoms with Gasteiger partial charge in [0, 0.05) is 48.8 Å². The van der Waals surface area contributed by atoms with Crippen LogP contribution in [0.25, 0.3) is 33.4 Å². The van der Waals surface area contributed by atoms with Gasteiger partial charge in [-0.05, 0) is 53.6 Å². The van der Waals surface area contributed by atoms with Gasteiger partial charge in [-0.2, -0.15) is 0 Å². The number of furan rings is 1. The maximum absolute atomic E-state index is 13.6. The third kappa shape index (κ3) is 5.75. The molecule has 5 aromatic rings. The monoisotopic (exact) mass is 585 g/mol. The predicted octanol–water partition coefficient (Wildman–Crippen LogP) is 5.59. The van der Waals surface area contributed by atoms with Crippen LogP contribution in [0, 0.1) is 5.82 Å². The Labute approximate surface area is 242 Å². The molecular formula is C32H28FN3O5S. The molecule has 1 heterocycles. The third-order valence-electron chi connectivity index (χ3n) is 6.96. The highest BCUT2D eigenvalue weighted by atomic mass is 32.2. The molecular weight excluding hydrogens is 557 g/mol. The van der Waals surface area contributed by atoms with Crippen LogP contribution in [0.4, 0.5) is 10.1 Å². The summed E-state index contributed by atoms with van der Waals surface area (Å²) in [5.74, 6) is -0.800. The molecule has 214 valence electrons. The number of carbonyl (C=O) groups excluding carboxylic acids is 2. The van der Waals surface area contributed by atoms with Gasteiger partial charge in [0.05, 0.1) is 17.5 Å². The molecule has 0 fully saturated rings. The van der Waals surface area contributed by atoms with Gasteiger partial charge < -0.3 is 15.1 Å². The zero-order chi connectivity index (χ0) is 30.0. The zero-order valence-electron chi connectivity index (χ0n) is 23.1. The molecule has 4 aromatic carbocycles. The molecule has 0 atom stereocenters. The number of halogens is 1. The molecule has 2 amide bonds. The molecule has 8 nitrogen and oxygen atoms in total. The number of fused-ring (bicyclic) bond motifs is 1. The van der Waals surface area contributed by atoms with E-state index < -0.39 is 21.7 Å². The second kappa shape index (κ2) is 11.5. The highest BCUT2D eigenvalue weighted by Crippen LogP contribution is 2.41. The van der Waals surface area contributed by atoms with Crippen LogP contribution in [0.5, 0.6) is 0 Å². The fourth-order valence-electron chi connectivity index (χ4n) is 4.63. The van der Waals surface area contributed by atoms with Gasteiger partial charge in [-0.15, -0.1) is 0 Å². The van der Waals surface area contributed by atoms with Crippen molar-refractivity contribution in [1.29, 1.82) is 0 Å². The Bertz CT molecular complexity index is 1890. The van der Waals surface area contributed by atoms with Gasteiger partial charge in [0.25, 0.3) is 11.8 Å². The summed E-state index contributed by atoms with van der Waals surface area (Å²) in [7, 11) is -0.727. The van der Waals surface area contributed by atoms with Gasteiger partial charge in [0.1, 0.15) is 17.2 Å². The van der Waals surface area contributed by atoms with Crippen LogP contribution in [0.15, 0.2) is 95.4 Å². The third-order valence-corrected chi connectivity index (χ3v) is 8.15. The highest BCUT2D eigenvalue weighted by molar-refractivity contribution is 7.92. The average Bonchev–Trinajstić information content (AvgIpc) is 3.37. The van der Waals surface area contributed by atoms with Gasteiger partial charge in [-0.3, -0.25) is 13.9 Å². The number of hydrogen-bond donors (Lipinski definition) is 2. The number of nitrogens with zero attached hydrogens (tertiary/aromatic N) is 1. The first-order valence-corrected chi connectivity index (χ1v) is 14.9. The van der Waals surface area contributed by atoms with Crippen LogP contribution < -0.4 is 14.9 Å². The molecule has 0 bridgehead atoms. The normalized spacial score (nSPS) is 11.3. The summed E-state index contributed by atoms with van der Waals surface area (Å²) in [6, 6.07) is 25.1. The van der Waals surface area contributed by atoms with Crippen LogP contribution >= 0.6 is 0 Å². The molecule has 0 saturated heterocycles. The minimum absolute atomic E-state index is 0.194. The van der Waals surface area contributed by atoms with Gasteiger partial charge in [0.15, 0.2) is 0 Å². The van der Waals surface area contributed by atoms with E-state index in [4.69, 9.17) is 4.42 Å². The summed E-state index contributed by atoms with van der Waals surface area (Å²) in [5.41, 5.74) is 4.01. The van der Waals surface area contributed by atoms with Crippen LogP contribution in [-0.4, -0.2) is 40.6 Å². The number of rotatable bonds is 8. The lowest BCUT2D eigenvalue weighted by atomic mass is 9.97. The summed E-state index contributed by atoms with van der Waals surface area (Å²) >= 11 is 0. The Morgan fingerprint density at radius 2 is 1.52 bits per heavy atom. The second-order valence-electron chi connectivity index (χ2n) is 9.73. The Hall–Kier alpha value is -4.96. The number of benzene rings is 4. The lowest BCUT2D eigenvalue weighted by Gasteiger charge is -2.21. The lowest BCUT2D eigenvalue weighted by molar-refractivity contribution is 0.0947. The maximum atomic E-state index is 13.6. The van der Waals surface area contributed by atoms with E-state index in [9.17, 15) is 22.4 Å². The van der Waals surface area contributed by atoms with E-state index in [1.807, 2.05) is 30.3 Å². The molecule has 0 spiro atoms. The SMILES string of the molecule is CNC(=O)c1c(-c2ccc(F)cc2)oc2cc(N(C)S(C)(=O)=O)c(-c3ccc(CNC(=O)c4ccccc4)cc3)cc12. The number of amides is 2. The van der Waals surface area contributed by atoms with E-state index in [1.165, 1.54) is 38.4 Å². The molecule has 0 aliphatic rings. The van der Waals surface area contributed by atoms with E-state index in [2.05, 4.69) is 10.6 Å². The summed E-state index contributed by atoms with van der Waals surface area (Å²) in [4.78, 5) is 25.5. The van der Waals surface area contributed by atoms with Crippen molar-refractivity contribution in [3.05, 3.63) is 114 Å². The second-order valence-corrected chi connectivity index (χ2v) is 11.7. The van der Waals surface area contributed by atoms with Gasteiger partial charge in [0.2, 0.25) is 10.0 Å². The van der Waals surface area contributed by atoms with Gasteiger partial charge in [-0.25, -0.2) is 12.8 Å². The van der Waals surface area contributed by atoms with E-state index in [0.29, 0.717) is 45.5 Å². The van der Waals surface area contributed by atoms with Crippen molar-refractivity contribution in [3.8, 4) is 22.5 Å². The van der Waals surface area contributed by atoms with Crippen molar-refractivity contribution in [2.75, 3.05) is 24.7 Å². The summed E-state index contributed by atoms with van der Waals surface area (Å²) in [6.45, 7) is 0.298. The Morgan fingerprint density at radius 3 is 2.14 bits per heavy atom. The van der Waals surface area contributed by atoms with Crippen molar-refractivity contribution >= 4 is 38.5 Å². The largest absolute Gasteiger partial charge is 0.455 e. The van der Waals surface area contributed by atoms with Crippen molar-refractivity contribution in [3.63, 3.8) is 0 Å². The fourth-order valence-corrected chi connectivity index (χ4v) is 5.14. The molecule has 0 aliphatic heterocycles. The van der Waals surface area contributed by atoms with E-state index in [-0.39, 0.29) is 17.2 Å². The minimum atomic E-state index is -3.67. The average molecular weight is 586 g/mol. The van der Waals surface area contributed by atoms with E-state index in [1.54, 1.807) is 36.4 Å². The van der Waals surface area contributed by atoms with E-state index in [0.717, 1.165) is 16.1 Å². The number of sulfonamides is 1. The van der Waals surface area contributed by atoms with Crippen molar-refractivity contribution in [2.24, 2.45) is 0 Å². The quantitative estimate of drug-likeness (QED) is 0.247. The van der Waals surface area contributed by atoms with Crippen LogP contribution in [-0.2, 0) is 16.6 Å². The number of anilines is 1. The lowest BCUT2D eigenvalue weighted by Crippen LogP contribution is -2.25. The Balaban J connectivity index is 1.59. The van der Waals surface area contributed by atoms with Crippen molar-refractivity contribution < 1.29 is 26.8 Å². The van der Waals surface area contributed by atoms with Crippen molar-refractivity contribution in [2.45, 2.75) is 6.54 Å². The van der Waals surface area contributed by atoms with Gasteiger partial charge >= 0.3 is 0 Å². The molecule has 10 heteroatoms. The minimum Gasteiger partial charge on any atom is -0.455 e. The van der Waals surface area contributed by atoms with Crippen LogP contribution in [0.1, 0.15) is 26.3 Å². The van der Waals surface area contributed by atoms with Crippen LogP contribution in [0.2, 0.25) is 0 Å². The number of hydrogen-bond acceptors (Lipinski definition) is 5. The molecule has 42 heavy (non-hydrogen) atoms. The predicted molar refractivity (Wildman–Crippen MR) is 161 cm³/mol. The topological polar surface area (TPSA) is 109 Å². The van der Waals surface area contributed by atoms with Crippen LogP contribution in [0.3, 0.4) is 0 Å². The first-order chi connectivity index (χ1) is 20.1.